The van der Waals surface area contributed by atoms with Gasteiger partial charge in [-0.3, -0.25) is 0 Å². The molecule has 2 aliphatic rings. The summed E-state index contributed by atoms with van der Waals surface area (Å²) in [6, 6.07) is 0.637. The number of hydrogen-bond donors (Lipinski definition) is 0. The van der Waals surface area contributed by atoms with Crippen molar-refractivity contribution in [3.05, 3.63) is 24.4 Å². The number of nitrogens with zero attached hydrogens (tertiary/aromatic N) is 1. The fourth-order valence-electron chi connectivity index (χ4n) is 1.58. The third-order valence-electron chi connectivity index (χ3n) is 2.74. The lowest BCUT2D eigenvalue weighted by molar-refractivity contribution is 0.613. The van der Waals surface area contributed by atoms with Crippen molar-refractivity contribution < 1.29 is 0 Å². The van der Waals surface area contributed by atoms with E-state index < -0.39 is 0 Å². The summed E-state index contributed by atoms with van der Waals surface area (Å²) in [6.45, 7) is 4.45. The fraction of sp³-hybridized carbons (Fsp3) is 0.444. The van der Waals surface area contributed by atoms with Crippen LogP contribution in [0.1, 0.15) is 13.8 Å². The van der Waals surface area contributed by atoms with Crippen molar-refractivity contribution >= 4 is 17.1 Å². The fourth-order valence-corrected chi connectivity index (χ4v) is 1.71. The predicted molar refractivity (Wildman–Crippen MR) is 50.6 cm³/mol. The molecule has 2 rings (SSSR count). The molecular formula is C9H11NS. The third-order valence-corrected chi connectivity index (χ3v) is 3.01. The normalized spacial score (nSPS) is 40.4. The van der Waals surface area contributed by atoms with E-state index in [9.17, 15) is 0 Å². The van der Waals surface area contributed by atoms with E-state index in [0.717, 1.165) is 4.86 Å². The van der Waals surface area contributed by atoms with Gasteiger partial charge in [0.25, 0.3) is 0 Å². The van der Waals surface area contributed by atoms with E-state index in [1.807, 2.05) is 12.2 Å². The summed E-state index contributed by atoms with van der Waals surface area (Å²) >= 11 is 5.05. The average molecular weight is 165 g/mol. The van der Waals surface area contributed by atoms with E-state index in [1.54, 1.807) is 0 Å². The Morgan fingerprint density at radius 1 is 1.55 bits per heavy atom. The van der Waals surface area contributed by atoms with Gasteiger partial charge in [-0.1, -0.05) is 18.3 Å². The van der Waals surface area contributed by atoms with Crippen LogP contribution in [0.3, 0.4) is 0 Å². The van der Waals surface area contributed by atoms with Crippen LogP contribution in [0.5, 0.6) is 0 Å². The Bertz CT molecular complexity index is 267. The molecule has 2 atom stereocenters. The molecule has 11 heavy (non-hydrogen) atoms. The number of hydrogen-bond acceptors (Lipinski definition) is 2. The highest BCUT2D eigenvalue weighted by Crippen LogP contribution is 2.42. The summed E-state index contributed by atoms with van der Waals surface area (Å²) in [7, 11) is 0. The van der Waals surface area contributed by atoms with Gasteiger partial charge in [-0.15, -0.1) is 0 Å². The minimum atomic E-state index is 0.247. The van der Waals surface area contributed by atoms with Gasteiger partial charge in [0.15, 0.2) is 0 Å². The molecule has 0 aromatic heterocycles. The Morgan fingerprint density at radius 3 is 3.00 bits per heavy atom. The molecule has 1 saturated heterocycles. The molecule has 2 heterocycles. The maximum absolute atomic E-state index is 5.05. The Morgan fingerprint density at radius 2 is 2.27 bits per heavy atom. The van der Waals surface area contributed by atoms with Gasteiger partial charge in [-0.2, -0.15) is 0 Å². The van der Waals surface area contributed by atoms with E-state index in [2.05, 4.69) is 31.0 Å². The Hall–Kier alpha value is -0.630. The van der Waals surface area contributed by atoms with Crippen LogP contribution >= 0.6 is 12.2 Å². The molecule has 2 aliphatic heterocycles. The summed E-state index contributed by atoms with van der Waals surface area (Å²) in [5, 5.41) is 0. The van der Waals surface area contributed by atoms with E-state index in [4.69, 9.17) is 12.2 Å². The predicted octanol–water partition coefficient (Wildman–Crippen LogP) is 1.90. The van der Waals surface area contributed by atoms with Crippen LogP contribution in [0, 0.1) is 0 Å². The number of rotatable bonds is 0. The quantitative estimate of drug-likeness (QED) is 0.398. The first kappa shape index (κ1) is 7.04. The zero-order chi connectivity index (χ0) is 8.06. The minimum Gasteiger partial charge on any atom is -0.361 e. The molecule has 1 nitrogen and oxygen atoms in total. The van der Waals surface area contributed by atoms with Crippen molar-refractivity contribution in [2.75, 3.05) is 0 Å². The zero-order valence-corrected chi connectivity index (χ0v) is 7.56. The molecule has 0 aliphatic carbocycles. The van der Waals surface area contributed by atoms with Crippen molar-refractivity contribution in [3.63, 3.8) is 0 Å². The van der Waals surface area contributed by atoms with Crippen LogP contribution in [0.2, 0.25) is 0 Å². The molecule has 0 bridgehead atoms. The SMILES string of the molecule is CC1N2C=CC(=S)C=C[C@@]12C. The van der Waals surface area contributed by atoms with E-state index in [1.165, 1.54) is 0 Å². The largest absolute Gasteiger partial charge is 0.361 e. The second kappa shape index (κ2) is 1.95. The first-order valence-electron chi connectivity index (χ1n) is 3.84. The topological polar surface area (TPSA) is 3.01 Å². The highest BCUT2D eigenvalue weighted by atomic mass is 32.1. The maximum atomic E-state index is 5.05. The molecule has 2 heteroatoms. The van der Waals surface area contributed by atoms with Gasteiger partial charge >= 0.3 is 0 Å². The van der Waals surface area contributed by atoms with Crippen molar-refractivity contribution in [1.29, 1.82) is 0 Å². The van der Waals surface area contributed by atoms with Gasteiger partial charge in [0, 0.05) is 11.1 Å². The number of fused-ring (bicyclic) bond motifs is 1. The first-order valence-corrected chi connectivity index (χ1v) is 4.25. The summed E-state index contributed by atoms with van der Waals surface area (Å²) in [6.07, 6.45) is 8.29. The highest BCUT2D eigenvalue weighted by Gasteiger charge is 2.52. The highest BCUT2D eigenvalue weighted by molar-refractivity contribution is 7.81. The van der Waals surface area contributed by atoms with Crippen LogP contribution < -0.4 is 0 Å². The third kappa shape index (κ3) is 0.857. The van der Waals surface area contributed by atoms with Gasteiger partial charge in [0.2, 0.25) is 0 Å². The van der Waals surface area contributed by atoms with Crippen molar-refractivity contribution in [2.45, 2.75) is 25.4 Å². The maximum Gasteiger partial charge on any atom is 0.0758 e. The van der Waals surface area contributed by atoms with E-state index in [-0.39, 0.29) is 5.54 Å². The van der Waals surface area contributed by atoms with E-state index in [0.29, 0.717) is 6.04 Å². The van der Waals surface area contributed by atoms with Crippen LogP contribution in [0.15, 0.2) is 24.4 Å². The molecule has 0 amide bonds. The lowest BCUT2D eigenvalue weighted by Gasteiger charge is -1.99. The second-order valence-corrected chi connectivity index (χ2v) is 3.83. The molecule has 0 saturated carbocycles. The van der Waals surface area contributed by atoms with Crippen molar-refractivity contribution in [2.24, 2.45) is 0 Å². The average Bonchev–Trinajstić information content (AvgIpc) is 2.53. The zero-order valence-electron chi connectivity index (χ0n) is 6.74. The molecule has 58 valence electrons. The second-order valence-electron chi connectivity index (χ2n) is 3.36. The van der Waals surface area contributed by atoms with E-state index >= 15 is 0 Å². The van der Waals surface area contributed by atoms with Gasteiger partial charge < -0.3 is 4.90 Å². The standard InChI is InChI=1S/C9H11NS/c1-7-9(2)5-3-8(11)4-6-10(7)9/h3-7H,1-2H3/t7?,9-,10?/m0/s1. The van der Waals surface area contributed by atoms with Gasteiger partial charge in [0.05, 0.1) is 11.6 Å². The monoisotopic (exact) mass is 165 g/mol. The molecular weight excluding hydrogens is 154 g/mol. The molecule has 0 aromatic carbocycles. The summed E-state index contributed by atoms with van der Waals surface area (Å²) in [5.74, 6) is 0. The van der Waals surface area contributed by atoms with Crippen molar-refractivity contribution in [1.82, 2.24) is 4.90 Å². The lowest BCUT2D eigenvalue weighted by atomic mass is 10.1. The van der Waals surface area contributed by atoms with Gasteiger partial charge in [-0.25, -0.2) is 0 Å². The summed E-state index contributed by atoms with van der Waals surface area (Å²) in [4.78, 5) is 3.23. The smallest absolute Gasteiger partial charge is 0.0758 e. The van der Waals surface area contributed by atoms with Crippen molar-refractivity contribution in [3.8, 4) is 0 Å². The molecule has 1 fully saturated rings. The Balaban J connectivity index is 2.33. The van der Waals surface area contributed by atoms with Crippen LogP contribution in [-0.4, -0.2) is 21.3 Å². The van der Waals surface area contributed by atoms with Crippen LogP contribution in [-0.2, 0) is 0 Å². The molecule has 0 aromatic rings. The number of thiocarbonyl (C=S) groups is 1. The lowest BCUT2D eigenvalue weighted by Crippen LogP contribution is -2.05. The Kier molecular flexibility index (Phi) is 1.25. The molecule has 1 unspecified atom stereocenters. The molecule has 0 N–H and O–H groups in total. The van der Waals surface area contributed by atoms with Crippen LogP contribution in [0.4, 0.5) is 0 Å². The summed E-state index contributed by atoms with van der Waals surface area (Å²) in [5.41, 5.74) is 0.247. The van der Waals surface area contributed by atoms with Gasteiger partial charge in [0.1, 0.15) is 0 Å². The molecule has 0 spiro atoms. The summed E-state index contributed by atoms with van der Waals surface area (Å²) < 4.78 is 0. The van der Waals surface area contributed by atoms with Crippen LogP contribution in [0.25, 0.3) is 0 Å². The molecule has 0 radical (unpaired) electrons. The number of allylic oxidation sites excluding steroid dienone is 2. The first-order chi connectivity index (χ1) is 5.14. The minimum absolute atomic E-state index is 0.247. The Labute approximate surface area is 72.4 Å². The van der Waals surface area contributed by atoms with Gasteiger partial charge in [-0.05, 0) is 26.0 Å².